The van der Waals surface area contributed by atoms with E-state index in [-0.39, 0.29) is 24.3 Å². The summed E-state index contributed by atoms with van der Waals surface area (Å²) in [5.41, 5.74) is -0.854. The summed E-state index contributed by atoms with van der Waals surface area (Å²) in [5, 5.41) is 2.55. The van der Waals surface area contributed by atoms with Crippen molar-refractivity contribution in [2.24, 2.45) is 0 Å². The summed E-state index contributed by atoms with van der Waals surface area (Å²) in [5.74, 6) is -0.221. The number of aromatic nitrogens is 4. The summed E-state index contributed by atoms with van der Waals surface area (Å²) in [6.07, 6.45) is 5.98. The third kappa shape index (κ3) is 4.11. The second-order valence-corrected chi connectivity index (χ2v) is 6.08. The van der Waals surface area contributed by atoms with Crippen molar-refractivity contribution < 1.29 is 4.79 Å². The lowest BCUT2D eigenvalue weighted by atomic mass is 10.0. The van der Waals surface area contributed by atoms with Crippen LogP contribution in [0.1, 0.15) is 47.8 Å². The number of hydrogen-bond acceptors (Lipinski definition) is 5. The van der Waals surface area contributed by atoms with Gasteiger partial charge in [-0.15, -0.1) is 0 Å². The van der Waals surface area contributed by atoms with Gasteiger partial charge in [-0.25, -0.2) is 9.78 Å². The molecule has 0 bridgehead atoms. The maximum Gasteiger partial charge on any atom is 0.326 e. The van der Waals surface area contributed by atoms with Gasteiger partial charge >= 0.3 is 5.69 Å². The summed E-state index contributed by atoms with van der Waals surface area (Å²) in [6, 6.07) is 2.56. The van der Waals surface area contributed by atoms with Crippen molar-refractivity contribution in [1.82, 2.24) is 24.8 Å². The van der Waals surface area contributed by atoms with Crippen LogP contribution in [0, 0.1) is 0 Å². The smallest absolute Gasteiger partial charge is 0.326 e. The molecule has 1 aliphatic carbocycles. The molecular formula is C16H19N5O4. The highest BCUT2D eigenvalue weighted by molar-refractivity contribution is 5.91. The fourth-order valence-corrected chi connectivity index (χ4v) is 3.03. The van der Waals surface area contributed by atoms with E-state index in [1.807, 2.05) is 4.98 Å². The summed E-state index contributed by atoms with van der Waals surface area (Å²) in [7, 11) is 0. The van der Waals surface area contributed by atoms with Gasteiger partial charge in [-0.1, -0.05) is 12.8 Å². The van der Waals surface area contributed by atoms with E-state index in [0.717, 1.165) is 24.6 Å². The lowest BCUT2D eigenvalue weighted by molar-refractivity contribution is 0.0946. The van der Waals surface area contributed by atoms with Crippen LogP contribution >= 0.6 is 0 Å². The molecule has 25 heavy (non-hydrogen) atoms. The summed E-state index contributed by atoms with van der Waals surface area (Å²) in [4.78, 5) is 55.0. The predicted octanol–water partition coefficient (Wildman–Crippen LogP) is -0.293. The second kappa shape index (κ2) is 7.29. The Balaban J connectivity index is 1.60. The first kappa shape index (κ1) is 16.9. The molecular weight excluding hydrogens is 326 g/mol. The van der Waals surface area contributed by atoms with Gasteiger partial charge in [0.05, 0.1) is 12.0 Å². The molecule has 2 aromatic heterocycles. The first-order valence-electron chi connectivity index (χ1n) is 8.21. The zero-order chi connectivity index (χ0) is 17.8. The lowest BCUT2D eigenvalue weighted by Crippen LogP contribution is -2.34. The van der Waals surface area contributed by atoms with Gasteiger partial charge in [0.25, 0.3) is 17.0 Å². The monoisotopic (exact) mass is 345 g/mol. The summed E-state index contributed by atoms with van der Waals surface area (Å²) in [6.45, 7) is 0.411. The number of carbonyl (C=O) groups is 1. The van der Waals surface area contributed by atoms with E-state index in [9.17, 15) is 19.2 Å². The highest BCUT2D eigenvalue weighted by Gasteiger charge is 2.18. The molecule has 2 heterocycles. The lowest BCUT2D eigenvalue weighted by Gasteiger charge is -2.10. The Kier molecular flexibility index (Phi) is 4.92. The van der Waals surface area contributed by atoms with Crippen molar-refractivity contribution in [2.45, 2.75) is 38.1 Å². The molecule has 0 aromatic carbocycles. The molecule has 1 amide bonds. The molecule has 0 atom stereocenters. The van der Waals surface area contributed by atoms with Crippen LogP contribution in [0.3, 0.4) is 0 Å². The Morgan fingerprint density at radius 3 is 2.64 bits per heavy atom. The van der Waals surface area contributed by atoms with E-state index in [1.165, 1.54) is 23.7 Å². The van der Waals surface area contributed by atoms with Crippen LogP contribution in [0.15, 0.2) is 32.8 Å². The zero-order valence-electron chi connectivity index (χ0n) is 13.6. The maximum atomic E-state index is 12.1. The van der Waals surface area contributed by atoms with Crippen molar-refractivity contribution >= 4 is 5.91 Å². The van der Waals surface area contributed by atoms with Gasteiger partial charge < -0.3 is 10.3 Å². The topological polar surface area (TPSA) is 130 Å². The second-order valence-electron chi connectivity index (χ2n) is 6.08. The minimum absolute atomic E-state index is 0.129. The molecule has 1 fully saturated rings. The number of nitrogens with zero attached hydrogens (tertiary/aromatic N) is 2. The van der Waals surface area contributed by atoms with Crippen LogP contribution in [0.25, 0.3) is 0 Å². The van der Waals surface area contributed by atoms with Gasteiger partial charge in [0.15, 0.2) is 0 Å². The average Bonchev–Trinajstić information content (AvgIpc) is 3.09. The molecule has 0 radical (unpaired) electrons. The fourth-order valence-electron chi connectivity index (χ4n) is 3.03. The van der Waals surface area contributed by atoms with E-state index in [4.69, 9.17) is 0 Å². The van der Waals surface area contributed by atoms with Crippen LogP contribution in [0.4, 0.5) is 0 Å². The molecule has 0 aliphatic heterocycles. The number of hydrogen-bond donors (Lipinski definition) is 3. The van der Waals surface area contributed by atoms with Gasteiger partial charge in [0.1, 0.15) is 5.69 Å². The van der Waals surface area contributed by atoms with Crippen molar-refractivity contribution in [3.05, 3.63) is 61.0 Å². The van der Waals surface area contributed by atoms with Crippen LogP contribution < -0.4 is 22.1 Å². The number of aromatic amines is 2. The minimum atomic E-state index is -0.749. The van der Waals surface area contributed by atoms with E-state index < -0.39 is 17.2 Å². The Morgan fingerprint density at radius 2 is 1.96 bits per heavy atom. The molecule has 1 saturated carbocycles. The van der Waals surface area contributed by atoms with Gasteiger partial charge in [-0.3, -0.25) is 23.9 Å². The van der Waals surface area contributed by atoms with Crippen molar-refractivity contribution in [3.8, 4) is 0 Å². The van der Waals surface area contributed by atoms with Gasteiger partial charge in [-0.05, 0) is 12.8 Å². The van der Waals surface area contributed by atoms with E-state index in [2.05, 4.69) is 15.3 Å². The molecule has 3 N–H and O–H groups in total. The number of rotatable bonds is 5. The van der Waals surface area contributed by atoms with E-state index in [0.29, 0.717) is 5.92 Å². The fraction of sp³-hybridized carbons (Fsp3) is 0.438. The van der Waals surface area contributed by atoms with Gasteiger partial charge in [-0.2, -0.15) is 0 Å². The molecule has 132 valence electrons. The standard InChI is InChI=1S/C16H19N5O4/c22-13-7-12(19-16(25)20-13)15(24)17-5-6-21-9-18-11(8-14(21)23)10-3-1-2-4-10/h7-10H,1-6H2,(H,17,24)(H2,19,20,22,25). The number of H-pyrrole nitrogens is 2. The average molecular weight is 345 g/mol. The normalized spacial score (nSPS) is 14.6. The Hall–Kier alpha value is -2.97. The molecule has 0 saturated heterocycles. The number of amides is 1. The zero-order valence-corrected chi connectivity index (χ0v) is 13.6. The van der Waals surface area contributed by atoms with Crippen LogP contribution in [0.5, 0.6) is 0 Å². The van der Waals surface area contributed by atoms with E-state index in [1.54, 1.807) is 6.07 Å². The molecule has 3 rings (SSSR count). The minimum Gasteiger partial charge on any atom is -0.349 e. The highest BCUT2D eigenvalue weighted by atomic mass is 16.2. The molecule has 0 spiro atoms. The summed E-state index contributed by atoms with van der Waals surface area (Å²) < 4.78 is 1.42. The highest BCUT2D eigenvalue weighted by Crippen LogP contribution is 2.32. The molecule has 9 nitrogen and oxygen atoms in total. The van der Waals surface area contributed by atoms with Crippen molar-refractivity contribution in [3.63, 3.8) is 0 Å². The third-order valence-corrected chi connectivity index (χ3v) is 4.32. The van der Waals surface area contributed by atoms with E-state index >= 15 is 0 Å². The molecule has 9 heteroatoms. The van der Waals surface area contributed by atoms with Crippen LogP contribution in [-0.2, 0) is 6.54 Å². The summed E-state index contributed by atoms with van der Waals surface area (Å²) >= 11 is 0. The Labute approximate surface area is 142 Å². The predicted molar refractivity (Wildman–Crippen MR) is 89.7 cm³/mol. The molecule has 0 unspecified atom stereocenters. The van der Waals surface area contributed by atoms with Crippen molar-refractivity contribution in [2.75, 3.05) is 6.54 Å². The van der Waals surface area contributed by atoms with Gasteiger partial charge in [0.2, 0.25) is 0 Å². The third-order valence-electron chi connectivity index (χ3n) is 4.32. The molecule has 2 aromatic rings. The Morgan fingerprint density at radius 1 is 1.20 bits per heavy atom. The first-order valence-corrected chi connectivity index (χ1v) is 8.21. The largest absolute Gasteiger partial charge is 0.349 e. The van der Waals surface area contributed by atoms with Crippen LogP contribution in [-0.4, -0.2) is 32.0 Å². The first-order chi connectivity index (χ1) is 12.0. The Bertz CT molecular complexity index is 908. The maximum absolute atomic E-state index is 12.1. The number of carbonyl (C=O) groups excluding carboxylic acids is 1. The van der Waals surface area contributed by atoms with Crippen molar-refractivity contribution in [1.29, 1.82) is 0 Å². The van der Waals surface area contributed by atoms with Crippen LogP contribution in [0.2, 0.25) is 0 Å². The molecule has 1 aliphatic rings. The quantitative estimate of drug-likeness (QED) is 0.685. The van der Waals surface area contributed by atoms with Gasteiger partial charge in [0, 0.05) is 31.1 Å². The number of nitrogens with one attached hydrogen (secondary N) is 3. The SMILES string of the molecule is O=C(NCCn1cnc(C2CCCC2)cc1=O)c1cc(=O)[nH]c(=O)[nH]1.